The van der Waals surface area contributed by atoms with Crippen LogP contribution in [0.2, 0.25) is 5.02 Å². The molecule has 0 aliphatic heterocycles. The molecule has 2 aromatic rings. The first-order valence-electron chi connectivity index (χ1n) is 12.2. The molecule has 36 heavy (non-hydrogen) atoms. The van der Waals surface area contributed by atoms with Crippen molar-refractivity contribution in [2.75, 3.05) is 26.9 Å². The quantitative estimate of drug-likeness (QED) is 0.131. The van der Waals surface area contributed by atoms with Gasteiger partial charge in [0.1, 0.15) is 17.8 Å². The molecule has 1 fully saturated rings. The molecule has 0 bridgehead atoms. The molecule has 0 spiro atoms. The summed E-state index contributed by atoms with van der Waals surface area (Å²) < 4.78 is 7.78. The number of likely N-dealkylation sites (N-methyl/N-ethyl adjacent to an activating group) is 1. The van der Waals surface area contributed by atoms with Crippen LogP contribution >= 0.6 is 11.6 Å². The largest absolute Gasteiger partial charge is 0.370 e. The number of carbonyl (C=O) groups excluding carboxylic acids is 2. The summed E-state index contributed by atoms with van der Waals surface area (Å²) in [5, 5.41) is 3.49. The number of ether oxygens (including phenoxy) is 1. The fourth-order valence-corrected chi connectivity index (χ4v) is 4.87. The fourth-order valence-electron chi connectivity index (χ4n) is 4.58. The Morgan fingerprint density at radius 3 is 2.78 bits per heavy atom. The molecule has 0 radical (unpaired) electrons. The number of guanidine groups is 1. The Balaban J connectivity index is 1.56. The topological polar surface area (TPSA) is 127 Å². The van der Waals surface area contributed by atoms with Crippen molar-refractivity contribution in [2.45, 2.75) is 50.8 Å². The molecule has 1 unspecified atom stereocenters. The number of nitrogens with zero attached hydrogens (tertiary/aromatic N) is 3. The molecular formula is C26H36ClN6O3+. The third-order valence-corrected chi connectivity index (χ3v) is 6.76. The Morgan fingerprint density at radius 2 is 2.03 bits per heavy atom. The molecular weight excluding hydrogens is 480 g/mol. The number of nitrogens with one attached hydrogen (secondary N) is 1. The van der Waals surface area contributed by atoms with Gasteiger partial charge in [0.25, 0.3) is 12.6 Å². The monoisotopic (exact) mass is 515 g/mol. The molecule has 5 N–H and O–H groups in total. The van der Waals surface area contributed by atoms with Crippen molar-refractivity contribution in [3.8, 4) is 0 Å². The zero-order valence-electron chi connectivity index (χ0n) is 20.8. The summed E-state index contributed by atoms with van der Waals surface area (Å²) in [5.74, 6) is 0.0806. The number of aromatic nitrogens is 1. The summed E-state index contributed by atoms with van der Waals surface area (Å²) in [7, 11) is 1.90. The second kappa shape index (κ2) is 13.3. The summed E-state index contributed by atoms with van der Waals surface area (Å²) in [6.45, 7) is 1.54. The number of benzene rings is 1. The van der Waals surface area contributed by atoms with Crippen molar-refractivity contribution < 1.29 is 18.9 Å². The lowest BCUT2D eigenvalue weighted by atomic mass is 9.74. The second-order valence-electron chi connectivity index (χ2n) is 9.01. The molecule has 194 valence electrons. The number of rotatable bonds is 12. The van der Waals surface area contributed by atoms with E-state index in [1.807, 2.05) is 42.4 Å². The van der Waals surface area contributed by atoms with Gasteiger partial charge < -0.3 is 21.5 Å². The number of halogens is 1. The summed E-state index contributed by atoms with van der Waals surface area (Å²) in [6.07, 6.45) is 8.19. The standard InChI is InChI=1S/C26H35ClN6O3/c1-32(26(13-5-4-12-23(26)34)21-10-2-3-11-22(21)27)18-36-19-33-16-8-9-20(17-33)24(35)30-14-6-7-15-31-25(28)29/h2-3,8-11,16-17H,4-7,12-15,18-19H2,1H3,(H4-,28,29,30,31,35)/p+1. The molecule has 1 aliphatic rings. The van der Waals surface area contributed by atoms with Crippen molar-refractivity contribution in [2.24, 2.45) is 16.5 Å². The predicted octanol–water partition coefficient (Wildman–Crippen LogP) is 2.31. The van der Waals surface area contributed by atoms with Gasteiger partial charge in [-0.3, -0.25) is 19.5 Å². The fraction of sp³-hybridized carbons (Fsp3) is 0.462. The van der Waals surface area contributed by atoms with Crippen LogP contribution in [0.15, 0.2) is 53.8 Å². The van der Waals surface area contributed by atoms with Crippen molar-refractivity contribution >= 4 is 29.3 Å². The van der Waals surface area contributed by atoms with Crippen LogP contribution in [0.4, 0.5) is 0 Å². The lowest BCUT2D eigenvalue weighted by molar-refractivity contribution is -0.733. The molecule has 1 amide bonds. The maximum atomic E-state index is 13.2. The van der Waals surface area contributed by atoms with Gasteiger partial charge in [-0.2, -0.15) is 4.57 Å². The lowest BCUT2D eigenvalue weighted by Gasteiger charge is -2.43. The SMILES string of the molecule is CN(COC[n+]1cccc(C(=O)NCCCCN=C(N)N)c1)C1(c2ccccc2Cl)CCCCC1=O. The molecule has 1 heterocycles. The summed E-state index contributed by atoms with van der Waals surface area (Å²) in [4.78, 5) is 31.6. The van der Waals surface area contributed by atoms with Crippen molar-refractivity contribution in [1.82, 2.24) is 10.2 Å². The number of ketones is 1. The number of unbranched alkanes of at least 4 members (excludes halogenated alkanes) is 1. The molecule has 1 aliphatic carbocycles. The van der Waals surface area contributed by atoms with Crippen molar-refractivity contribution in [3.63, 3.8) is 0 Å². The first-order chi connectivity index (χ1) is 17.3. The Hall–Kier alpha value is -3.01. The second-order valence-corrected chi connectivity index (χ2v) is 9.41. The van der Waals surface area contributed by atoms with Gasteiger partial charge in [-0.05, 0) is 50.4 Å². The van der Waals surface area contributed by atoms with Gasteiger partial charge in [-0.15, -0.1) is 0 Å². The number of Topliss-reactive ketones (excluding diaryl/α,β-unsaturated/α-hetero) is 1. The molecule has 3 rings (SSSR count). The van der Waals surface area contributed by atoms with E-state index in [1.54, 1.807) is 22.9 Å². The van der Waals surface area contributed by atoms with Crippen LogP contribution in [-0.4, -0.2) is 49.4 Å². The third kappa shape index (κ3) is 7.02. The van der Waals surface area contributed by atoms with Crippen LogP contribution in [0.25, 0.3) is 0 Å². The van der Waals surface area contributed by atoms with Gasteiger partial charge in [-0.25, -0.2) is 0 Å². The van der Waals surface area contributed by atoms with Gasteiger partial charge in [0.05, 0.1) is 0 Å². The third-order valence-electron chi connectivity index (χ3n) is 6.44. The van der Waals surface area contributed by atoms with Gasteiger partial charge in [0, 0.05) is 30.6 Å². The molecule has 1 aromatic heterocycles. The summed E-state index contributed by atoms with van der Waals surface area (Å²) >= 11 is 6.53. The first kappa shape index (κ1) is 27.6. The van der Waals surface area contributed by atoms with E-state index in [1.165, 1.54) is 0 Å². The average Bonchev–Trinajstić information content (AvgIpc) is 2.87. The number of pyridine rings is 1. The zero-order valence-corrected chi connectivity index (χ0v) is 21.5. The maximum absolute atomic E-state index is 13.2. The Kier molecular flexibility index (Phi) is 10.2. The minimum atomic E-state index is -0.801. The minimum absolute atomic E-state index is 0.0747. The number of nitrogens with two attached hydrogens (primary N) is 2. The number of carbonyl (C=O) groups is 2. The van der Waals surface area contributed by atoms with Crippen LogP contribution in [0.5, 0.6) is 0 Å². The molecule has 1 saturated carbocycles. The van der Waals surface area contributed by atoms with E-state index in [2.05, 4.69) is 10.3 Å². The highest BCUT2D eigenvalue weighted by molar-refractivity contribution is 6.31. The first-order valence-corrected chi connectivity index (χ1v) is 12.6. The Morgan fingerprint density at radius 1 is 1.22 bits per heavy atom. The molecule has 1 aromatic carbocycles. The average molecular weight is 516 g/mol. The summed E-state index contributed by atoms with van der Waals surface area (Å²) in [5.41, 5.74) is 11.2. The smallest absolute Gasteiger partial charge is 0.257 e. The van der Waals surface area contributed by atoms with Crippen LogP contribution < -0.4 is 21.4 Å². The highest BCUT2D eigenvalue weighted by Gasteiger charge is 2.46. The normalized spacial score (nSPS) is 17.7. The Labute approximate surface area is 217 Å². The van der Waals surface area contributed by atoms with Crippen LogP contribution in [0.1, 0.15) is 54.4 Å². The highest BCUT2D eigenvalue weighted by atomic mass is 35.5. The molecule has 0 saturated heterocycles. The highest BCUT2D eigenvalue weighted by Crippen LogP contribution is 2.42. The zero-order chi connectivity index (χ0) is 26.0. The predicted molar refractivity (Wildman–Crippen MR) is 139 cm³/mol. The van der Waals surface area contributed by atoms with E-state index >= 15 is 0 Å². The minimum Gasteiger partial charge on any atom is -0.370 e. The maximum Gasteiger partial charge on any atom is 0.257 e. The molecule has 1 atom stereocenters. The van der Waals surface area contributed by atoms with Crippen LogP contribution in [0.3, 0.4) is 0 Å². The van der Waals surface area contributed by atoms with Crippen LogP contribution in [0, 0.1) is 0 Å². The van der Waals surface area contributed by atoms with Crippen molar-refractivity contribution in [1.29, 1.82) is 0 Å². The van der Waals surface area contributed by atoms with E-state index in [0.29, 0.717) is 36.5 Å². The van der Waals surface area contributed by atoms with Gasteiger partial charge in [-0.1, -0.05) is 36.2 Å². The van der Waals surface area contributed by atoms with Gasteiger partial charge >= 0.3 is 0 Å². The molecule has 10 heteroatoms. The van der Waals surface area contributed by atoms with Gasteiger partial charge in [0.2, 0.25) is 0 Å². The van der Waals surface area contributed by atoms with Gasteiger partial charge in [0.15, 0.2) is 24.1 Å². The van der Waals surface area contributed by atoms with E-state index in [-0.39, 0.29) is 31.1 Å². The summed E-state index contributed by atoms with van der Waals surface area (Å²) in [6, 6.07) is 11.1. The molecule has 9 nitrogen and oxygen atoms in total. The number of aliphatic imine (C=N–C) groups is 1. The lowest BCUT2D eigenvalue weighted by Crippen LogP contribution is -2.53. The Bertz CT molecular complexity index is 1080. The van der Waals surface area contributed by atoms with E-state index in [4.69, 9.17) is 27.8 Å². The van der Waals surface area contributed by atoms with Crippen LogP contribution in [-0.2, 0) is 21.8 Å². The number of hydrogen-bond acceptors (Lipinski definition) is 5. The van der Waals surface area contributed by atoms with E-state index in [9.17, 15) is 9.59 Å². The van der Waals surface area contributed by atoms with Crippen molar-refractivity contribution in [3.05, 3.63) is 64.9 Å². The van der Waals surface area contributed by atoms with E-state index in [0.717, 1.165) is 31.2 Å². The number of amides is 1. The number of hydrogen-bond donors (Lipinski definition) is 3. The van der Waals surface area contributed by atoms with E-state index < -0.39 is 5.54 Å².